The molecule has 3 heterocycles. The first kappa shape index (κ1) is 25.1. The molecule has 0 unspecified atom stereocenters. The Hall–Kier alpha value is -6.95. The van der Waals surface area contributed by atoms with E-state index in [1.165, 1.54) is 17.4 Å². The van der Waals surface area contributed by atoms with E-state index in [2.05, 4.69) is 41.0 Å². The maximum Gasteiger partial charge on any atom is 0.164 e. The molecule has 252 valence electrons. The predicted octanol–water partition coefficient (Wildman–Crippen LogP) is 13.2. The Morgan fingerprint density at radius 2 is 1.09 bits per heavy atom. The topological polar surface area (TPSA) is 43.6 Å². The molecular formula is C49H30N4S. The van der Waals surface area contributed by atoms with Gasteiger partial charge in [0.15, 0.2) is 17.5 Å². The fourth-order valence-electron chi connectivity index (χ4n) is 7.48. The monoisotopic (exact) mass is 712 g/mol. The Labute approximate surface area is 323 Å². The van der Waals surface area contributed by atoms with Crippen LogP contribution >= 0.6 is 11.3 Å². The first-order valence-corrected chi connectivity index (χ1v) is 18.4. The molecule has 0 aliphatic rings. The lowest BCUT2D eigenvalue weighted by atomic mass is 9.98. The van der Waals surface area contributed by atoms with Gasteiger partial charge < -0.3 is 4.57 Å². The first-order chi connectivity index (χ1) is 29.2. The summed E-state index contributed by atoms with van der Waals surface area (Å²) in [7, 11) is 0. The standard InChI is InChI=1S/C49H30N4S/c1-3-14-31(15-4-1)47-50-48(32-16-5-2-6-17-32)52-49(51-47)35-26-27-43(41(29-35)39-23-13-22-38-37-21-10-12-25-45(37)54-46(38)39)53-42-24-11-9-20-36(42)40-28-33-18-7-8-19-34(33)30-44(40)53/h1-30H/i10D,13D,21D,22D,23D,25D. The van der Waals surface area contributed by atoms with Crippen molar-refractivity contribution in [3.8, 4) is 51.0 Å². The lowest BCUT2D eigenvalue weighted by molar-refractivity contribution is 1.07. The molecule has 5 heteroatoms. The zero-order valence-corrected chi connectivity index (χ0v) is 29.4. The van der Waals surface area contributed by atoms with Gasteiger partial charge in [-0.15, -0.1) is 11.3 Å². The number of benzene rings is 8. The molecule has 0 bridgehead atoms. The summed E-state index contributed by atoms with van der Waals surface area (Å²) in [5.41, 5.74) is 5.88. The van der Waals surface area contributed by atoms with Gasteiger partial charge in [-0.1, -0.05) is 139 Å². The maximum absolute atomic E-state index is 9.62. The maximum atomic E-state index is 9.62. The fourth-order valence-corrected chi connectivity index (χ4v) is 8.58. The quantitative estimate of drug-likeness (QED) is 0.178. The van der Waals surface area contributed by atoms with Crippen LogP contribution in [0.5, 0.6) is 0 Å². The van der Waals surface area contributed by atoms with Crippen molar-refractivity contribution < 1.29 is 8.22 Å². The Morgan fingerprint density at radius 3 is 1.85 bits per heavy atom. The molecule has 0 aliphatic carbocycles. The van der Waals surface area contributed by atoms with Crippen LogP contribution in [0.25, 0.3) is 104 Å². The van der Waals surface area contributed by atoms with E-state index in [1.54, 1.807) is 0 Å². The van der Waals surface area contributed by atoms with Crippen LogP contribution in [0.4, 0.5) is 0 Å². The van der Waals surface area contributed by atoms with Gasteiger partial charge in [0.2, 0.25) is 0 Å². The molecule has 0 radical (unpaired) electrons. The molecule has 0 atom stereocenters. The molecule has 0 fully saturated rings. The van der Waals surface area contributed by atoms with Gasteiger partial charge in [-0.2, -0.15) is 0 Å². The van der Waals surface area contributed by atoms with Crippen molar-refractivity contribution >= 4 is 64.1 Å². The number of hydrogen-bond donors (Lipinski definition) is 0. The molecule has 0 saturated carbocycles. The van der Waals surface area contributed by atoms with Crippen LogP contribution in [-0.4, -0.2) is 19.5 Å². The summed E-state index contributed by atoms with van der Waals surface area (Å²) in [5, 5.41) is 4.85. The first-order valence-electron chi connectivity index (χ1n) is 20.6. The van der Waals surface area contributed by atoms with Crippen molar-refractivity contribution in [2.24, 2.45) is 0 Å². The van der Waals surface area contributed by atoms with Gasteiger partial charge >= 0.3 is 0 Å². The molecule has 54 heavy (non-hydrogen) atoms. The zero-order chi connectivity index (χ0) is 40.8. The minimum absolute atomic E-state index is 0.0610. The van der Waals surface area contributed by atoms with E-state index >= 15 is 0 Å². The van der Waals surface area contributed by atoms with E-state index in [4.69, 9.17) is 20.4 Å². The molecule has 0 saturated heterocycles. The number of rotatable bonds is 5. The Kier molecular flexibility index (Phi) is 5.73. The summed E-state index contributed by atoms with van der Waals surface area (Å²) in [6, 6.07) is 46.8. The van der Waals surface area contributed by atoms with Gasteiger partial charge in [-0.05, 0) is 53.2 Å². The van der Waals surface area contributed by atoms with Crippen LogP contribution in [0.15, 0.2) is 182 Å². The molecule has 4 nitrogen and oxygen atoms in total. The summed E-state index contributed by atoms with van der Waals surface area (Å²) in [6.07, 6.45) is 0. The van der Waals surface area contributed by atoms with Gasteiger partial charge in [0.05, 0.1) is 24.9 Å². The van der Waals surface area contributed by atoms with E-state index in [-0.39, 0.29) is 41.6 Å². The number of aromatic nitrogens is 4. The third-order valence-electron chi connectivity index (χ3n) is 9.99. The van der Waals surface area contributed by atoms with Crippen molar-refractivity contribution in [1.82, 2.24) is 19.5 Å². The van der Waals surface area contributed by atoms with Crippen molar-refractivity contribution in [3.63, 3.8) is 0 Å². The zero-order valence-electron chi connectivity index (χ0n) is 34.6. The minimum Gasteiger partial charge on any atom is -0.309 e. The Bertz CT molecular complexity index is 3510. The van der Waals surface area contributed by atoms with Crippen LogP contribution in [0.2, 0.25) is 0 Å². The molecule has 0 amide bonds. The largest absolute Gasteiger partial charge is 0.309 e. The smallest absolute Gasteiger partial charge is 0.164 e. The highest BCUT2D eigenvalue weighted by atomic mass is 32.1. The Morgan fingerprint density at radius 1 is 0.444 bits per heavy atom. The van der Waals surface area contributed by atoms with Gasteiger partial charge in [0.1, 0.15) is 0 Å². The van der Waals surface area contributed by atoms with E-state index in [0.29, 0.717) is 48.9 Å². The third kappa shape index (κ3) is 4.94. The van der Waals surface area contributed by atoms with E-state index in [1.807, 2.05) is 103 Å². The average molecular weight is 713 g/mol. The second-order valence-electron chi connectivity index (χ2n) is 13.2. The van der Waals surface area contributed by atoms with Gasteiger partial charge in [0.25, 0.3) is 0 Å². The molecule has 0 N–H and O–H groups in total. The average Bonchev–Trinajstić information content (AvgIpc) is 3.84. The van der Waals surface area contributed by atoms with Gasteiger partial charge in [-0.25, -0.2) is 15.0 Å². The second kappa shape index (κ2) is 12.3. The number of fused-ring (bicyclic) bond motifs is 7. The molecule has 11 aromatic rings. The highest BCUT2D eigenvalue weighted by molar-refractivity contribution is 7.26. The molecule has 11 rings (SSSR count). The van der Waals surface area contributed by atoms with E-state index in [0.717, 1.165) is 49.4 Å². The summed E-state index contributed by atoms with van der Waals surface area (Å²) < 4.78 is 57.4. The fraction of sp³-hybridized carbons (Fsp3) is 0. The molecule has 8 aromatic carbocycles. The summed E-state index contributed by atoms with van der Waals surface area (Å²) in [4.78, 5) is 15.0. The summed E-state index contributed by atoms with van der Waals surface area (Å²) in [6.45, 7) is 0. The number of nitrogens with zero attached hydrogens (tertiary/aromatic N) is 4. The van der Waals surface area contributed by atoms with Gasteiger partial charge in [0, 0.05) is 58.8 Å². The van der Waals surface area contributed by atoms with Gasteiger partial charge in [-0.3, -0.25) is 0 Å². The van der Waals surface area contributed by atoms with Crippen molar-refractivity contribution in [3.05, 3.63) is 182 Å². The van der Waals surface area contributed by atoms with Crippen LogP contribution in [0.3, 0.4) is 0 Å². The highest BCUT2D eigenvalue weighted by Crippen LogP contribution is 2.44. The molecule has 0 aliphatic heterocycles. The summed E-state index contributed by atoms with van der Waals surface area (Å²) >= 11 is 1.22. The van der Waals surface area contributed by atoms with E-state index in [9.17, 15) is 2.74 Å². The van der Waals surface area contributed by atoms with Crippen molar-refractivity contribution in [2.45, 2.75) is 0 Å². The predicted molar refractivity (Wildman–Crippen MR) is 226 cm³/mol. The molecule has 0 spiro atoms. The summed E-state index contributed by atoms with van der Waals surface area (Å²) in [5.74, 6) is 1.40. The second-order valence-corrected chi connectivity index (χ2v) is 14.2. The van der Waals surface area contributed by atoms with Crippen LogP contribution in [-0.2, 0) is 0 Å². The minimum atomic E-state index is -0.305. The van der Waals surface area contributed by atoms with Crippen LogP contribution < -0.4 is 0 Å². The highest BCUT2D eigenvalue weighted by Gasteiger charge is 2.21. The normalized spacial score (nSPS) is 13.3. The Balaban J connectivity index is 1.28. The van der Waals surface area contributed by atoms with E-state index < -0.39 is 0 Å². The van der Waals surface area contributed by atoms with Crippen molar-refractivity contribution in [1.29, 1.82) is 0 Å². The van der Waals surface area contributed by atoms with Crippen LogP contribution in [0.1, 0.15) is 8.22 Å². The SMILES string of the molecule is [2H]c1cc([2H])c2sc3c(-c4cc(-c5nc(-c6ccccc6)nc(-c6ccccc6)n5)ccc4-n4c5ccccc5c5cc6ccccc6cc54)c([2H])c([2H])c([2H])c3c2c1[2H]. The third-order valence-corrected chi connectivity index (χ3v) is 11.1. The number of hydrogen-bond acceptors (Lipinski definition) is 4. The molecule has 3 aromatic heterocycles. The lowest BCUT2D eigenvalue weighted by Crippen LogP contribution is -2.02. The number of para-hydroxylation sites is 1. The van der Waals surface area contributed by atoms with Crippen molar-refractivity contribution in [2.75, 3.05) is 0 Å². The number of thiophene rings is 1. The lowest BCUT2D eigenvalue weighted by Gasteiger charge is -2.17. The van der Waals surface area contributed by atoms with Crippen LogP contribution in [0, 0.1) is 0 Å². The molecular weight excluding hydrogens is 677 g/mol.